The quantitative estimate of drug-likeness (QED) is 0.598. The zero-order chi connectivity index (χ0) is 9.68. The molecule has 13 heavy (non-hydrogen) atoms. The summed E-state index contributed by atoms with van der Waals surface area (Å²) in [5.41, 5.74) is 6.05. The third kappa shape index (κ3) is 3.42. The first-order valence-corrected chi connectivity index (χ1v) is 5.25. The van der Waals surface area contributed by atoms with E-state index in [2.05, 4.69) is 4.98 Å². The van der Waals surface area contributed by atoms with Crippen LogP contribution in [0, 0.1) is 0 Å². The Bertz CT molecular complexity index is 283. The van der Waals surface area contributed by atoms with Gasteiger partial charge in [0.15, 0.2) is 0 Å². The van der Waals surface area contributed by atoms with E-state index in [0.717, 1.165) is 17.2 Å². The first-order valence-electron chi connectivity index (χ1n) is 3.88. The first kappa shape index (κ1) is 10.6. The molecule has 0 fully saturated rings. The summed E-state index contributed by atoms with van der Waals surface area (Å²) >= 11 is 7.40. The number of pyridine rings is 1. The van der Waals surface area contributed by atoms with Gasteiger partial charge in [-0.1, -0.05) is 11.6 Å². The lowest BCUT2D eigenvalue weighted by molar-refractivity contribution is 0.296. The van der Waals surface area contributed by atoms with Crippen molar-refractivity contribution in [1.82, 2.24) is 4.98 Å². The van der Waals surface area contributed by atoms with Crippen LogP contribution < -0.4 is 5.73 Å². The molecule has 1 aromatic rings. The number of hydrogen-bond acceptors (Lipinski definition) is 4. The van der Waals surface area contributed by atoms with E-state index in [-0.39, 0.29) is 6.61 Å². The molecule has 1 aromatic heterocycles. The summed E-state index contributed by atoms with van der Waals surface area (Å²) < 4.78 is 0. The van der Waals surface area contributed by atoms with Gasteiger partial charge in [-0.05, 0) is 12.5 Å². The summed E-state index contributed by atoms with van der Waals surface area (Å²) in [5.74, 6) is 0.813. The molecule has 0 aromatic carbocycles. The van der Waals surface area contributed by atoms with E-state index in [1.54, 1.807) is 12.3 Å². The molecule has 0 aliphatic rings. The van der Waals surface area contributed by atoms with Gasteiger partial charge >= 0.3 is 0 Å². The van der Waals surface area contributed by atoms with Crippen LogP contribution in [-0.4, -0.2) is 22.5 Å². The van der Waals surface area contributed by atoms with Crippen LogP contribution in [0.4, 0.5) is 5.69 Å². The monoisotopic (exact) mass is 218 g/mol. The van der Waals surface area contributed by atoms with Gasteiger partial charge in [0, 0.05) is 12.4 Å². The Kier molecular flexibility index (Phi) is 4.35. The lowest BCUT2D eigenvalue weighted by Gasteiger charge is -2.02. The number of aliphatic hydroxyl groups excluding tert-OH is 1. The number of nitrogens with two attached hydrogens (primary N) is 1. The number of hydrogen-bond donors (Lipinski definition) is 2. The average Bonchev–Trinajstić information content (AvgIpc) is 2.09. The highest BCUT2D eigenvalue weighted by Gasteiger charge is 2.02. The highest BCUT2D eigenvalue weighted by molar-refractivity contribution is 7.99. The van der Waals surface area contributed by atoms with E-state index in [1.165, 1.54) is 11.8 Å². The fourth-order valence-electron chi connectivity index (χ4n) is 0.780. The topological polar surface area (TPSA) is 59.1 Å². The molecular formula is C8H11ClN2OS. The van der Waals surface area contributed by atoms with Crippen LogP contribution in [0.5, 0.6) is 0 Å². The van der Waals surface area contributed by atoms with Crippen LogP contribution in [0.25, 0.3) is 0 Å². The van der Waals surface area contributed by atoms with Crippen LogP contribution in [0.1, 0.15) is 6.42 Å². The molecule has 3 nitrogen and oxygen atoms in total. The molecule has 0 amide bonds. The van der Waals surface area contributed by atoms with Gasteiger partial charge in [0.05, 0.1) is 16.9 Å². The number of thioether (sulfide) groups is 1. The van der Waals surface area contributed by atoms with Gasteiger partial charge in [-0.3, -0.25) is 0 Å². The lowest BCUT2D eigenvalue weighted by Crippen LogP contribution is -1.91. The molecule has 0 radical (unpaired) electrons. The number of aliphatic hydroxyl groups is 1. The number of aromatic nitrogens is 1. The maximum absolute atomic E-state index is 8.57. The third-order valence-electron chi connectivity index (χ3n) is 1.37. The second-order valence-electron chi connectivity index (χ2n) is 2.48. The maximum atomic E-state index is 8.57. The first-order chi connectivity index (χ1) is 6.24. The van der Waals surface area contributed by atoms with Crippen molar-refractivity contribution in [1.29, 1.82) is 0 Å². The van der Waals surface area contributed by atoms with Crippen molar-refractivity contribution in [2.75, 3.05) is 18.1 Å². The van der Waals surface area contributed by atoms with E-state index in [9.17, 15) is 0 Å². The molecule has 5 heteroatoms. The molecule has 1 rings (SSSR count). The fourth-order valence-corrected chi connectivity index (χ4v) is 1.91. The largest absolute Gasteiger partial charge is 0.397 e. The molecular weight excluding hydrogens is 208 g/mol. The van der Waals surface area contributed by atoms with Crippen molar-refractivity contribution in [3.05, 3.63) is 17.3 Å². The average molecular weight is 219 g/mol. The van der Waals surface area contributed by atoms with Gasteiger partial charge in [0.2, 0.25) is 0 Å². The molecule has 0 atom stereocenters. The van der Waals surface area contributed by atoms with E-state index >= 15 is 0 Å². The van der Waals surface area contributed by atoms with Gasteiger partial charge in [0.25, 0.3) is 0 Å². The molecule has 0 bridgehead atoms. The standard InChI is InChI=1S/C8H11ClN2OS/c9-7-4-6(10)5-11-8(7)13-3-1-2-12/h4-5,12H,1-3,10H2. The van der Waals surface area contributed by atoms with Crippen LogP contribution in [0.15, 0.2) is 17.3 Å². The third-order valence-corrected chi connectivity index (χ3v) is 2.86. The SMILES string of the molecule is Nc1cnc(SCCCO)c(Cl)c1. The second-order valence-corrected chi connectivity index (χ2v) is 3.97. The molecule has 3 N–H and O–H groups in total. The molecule has 0 aliphatic carbocycles. The molecule has 0 saturated carbocycles. The number of nitrogen functional groups attached to an aromatic ring is 1. The minimum Gasteiger partial charge on any atom is -0.397 e. The number of anilines is 1. The highest BCUT2D eigenvalue weighted by Crippen LogP contribution is 2.26. The Morgan fingerprint density at radius 3 is 3.00 bits per heavy atom. The van der Waals surface area contributed by atoms with E-state index in [1.807, 2.05) is 0 Å². The Labute approximate surface area is 86.3 Å². The number of halogens is 1. The minimum atomic E-state index is 0.194. The smallest absolute Gasteiger partial charge is 0.115 e. The minimum absolute atomic E-state index is 0.194. The summed E-state index contributed by atoms with van der Waals surface area (Å²) in [4.78, 5) is 4.07. The van der Waals surface area contributed by atoms with E-state index in [0.29, 0.717) is 10.7 Å². The molecule has 0 unspecified atom stereocenters. The molecule has 0 spiro atoms. The van der Waals surface area contributed by atoms with Crippen LogP contribution in [0.3, 0.4) is 0 Å². The van der Waals surface area contributed by atoms with Crippen molar-refractivity contribution >= 4 is 29.1 Å². The predicted octanol–water partition coefficient (Wildman–Crippen LogP) is 1.79. The lowest BCUT2D eigenvalue weighted by atomic mass is 10.4. The molecule has 0 saturated heterocycles. The van der Waals surface area contributed by atoms with E-state index in [4.69, 9.17) is 22.4 Å². The Hall–Kier alpha value is -0.450. The fraction of sp³-hybridized carbons (Fsp3) is 0.375. The van der Waals surface area contributed by atoms with Crippen molar-refractivity contribution in [3.8, 4) is 0 Å². The van der Waals surface area contributed by atoms with Crippen LogP contribution in [0.2, 0.25) is 5.02 Å². The summed E-state index contributed by atoms with van der Waals surface area (Å²) in [6.45, 7) is 0.194. The van der Waals surface area contributed by atoms with E-state index < -0.39 is 0 Å². The Morgan fingerprint density at radius 2 is 2.38 bits per heavy atom. The van der Waals surface area contributed by atoms with Gasteiger partial charge in [0.1, 0.15) is 5.03 Å². The van der Waals surface area contributed by atoms with Gasteiger partial charge in [-0.2, -0.15) is 0 Å². The maximum Gasteiger partial charge on any atom is 0.115 e. The summed E-state index contributed by atoms with van der Waals surface area (Å²) in [6.07, 6.45) is 2.32. The Balaban J connectivity index is 2.56. The highest BCUT2D eigenvalue weighted by atomic mass is 35.5. The summed E-state index contributed by atoms with van der Waals surface area (Å²) in [7, 11) is 0. The predicted molar refractivity (Wildman–Crippen MR) is 56.1 cm³/mol. The summed E-state index contributed by atoms with van der Waals surface area (Å²) in [6, 6.07) is 1.68. The summed E-state index contributed by atoms with van der Waals surface area (Å²) in [5, 5.41) is 9.91. The normalized spacial score (nSPS) is 10.3. The van der Waals surface area contributed by atoms with Gasteiger partial charge in [-0.15, -0.1) is 11.8 Å². The zero-order valence-corrected chi connectivity index (χ0v) is 8.61. The molecule has 1 heterocycles. The second kappa shape index (κ2) is 5.32. The van der Waals surface area contributed by atoms with Crippen molar-refractivity contribution in [3.63, 3.8) is 0 Å². The Morgan fingerprint density at radius 1 is 1.62 bits per heavy atom. The van der Waals surface area contributed by atoms with Crippen molar-refractivity contribution in [2.45, 2.75) is 11.4 Å². The van der Waals surface area contributed by atoms with Crippen LogP contribution >= 0.6 is 23.4 Å². The number of rotatable bonds is 4. The molecule has 0 aliphatic heterocycles. The zero-order valence-electron chi connectivity index (χ0n) is 7.03. The van der Waals surface area contributed by atoms with Gasteiger partial charge < -0.3 is 10.8 Å². The van der Waals surface area contributed by atoms with Crippen molar-refractivity contribution < 1.29 is 5.11 Å². The van der Waals surface area contributed by atoms with Gasteiger partial charge in [-0.25, -0.2) is 4.98 Å². The molecule has 72 valence electrons. The van der Waals surface area contributed by atoms with Crippen molar-refractivity contribution in [2.24, 2.45) is 0 Å². The van der Waals surface area contributed by atoms with Crippen LogP contribution in [-0.2, 0) is 0 Å². The number of nitrogens with zero attached hydrogens (tertiary/aromatic N) is 1.